The first-order valence-corrected chi connectivity index (χ1v) is 8.30. The molecule has 0 aliphatic rings. The fourth-order valence-electron chi connectivity index (χ4n) is 2.17. The van der Waals surface area contributed by atoms with Gasteiger partial charge in [-0.1, -0.05) is 48.5 Å². The van der Waals surface area contributed by atoms with Gasteiger partial charge in [0.05, 0.1) is 11.0 Å². The van der Waals surface area contributed by atoms with Crippen molar-refractivity contribution in [3.8, 4) is 0 Å². The van der Waals surface area contributed by atoms with Gasteiger partial charge in [0.1, 0.15) is 0 Å². The second-order valence-corrected chi connectivity index (χ2v) is 5.40. The first-order valence-electron chi connectivity index (χ1n) is 8.30. The van der Waals surface area contributed by atoms with E-state index in [2.05, 4.69) is 34.2 Å². The van der Waals surface area contributed by atoms with Gasteiger partial charge in [0.2, 0.25) is 0 Å². The largest absolute Gasteiger partial charge is 0.478 e. The van der Waals surface area contributed by atoms with E-state index in [0.717, 1.165) is 11.0 Å². The molecule has 0 spiro atoms. The Labute approximate surface area is 161 Å². The highest BCUT2D eigenvalue weighted by molar-refractivity contribution is 5.89. The standard InChI is InChI=1S/2C9H7N.C4H4O4/c2*1-2-6-9-8(4-1)5-3-7-10-9;5-3(6)1-2-4(7)8/h2*1-7H;1-2H,(H,5,6)(H,7,8). The molecule has 2 aromatic heterocycles. The van der Waals surface area contributed by atoms with Crippen LogP contribution in [0.1, 0.15) is 0 Å². The zero-order chi connectivity index (χ0) is 20.2. The van der Waals surface area contributed by atoms with Crippen molar-refractivity contribution >= 4 is 33.7 Å². The second kappa shape index (κ2) is 10.8. The molecule has 28 heavy (non-hydrogen) atoms. The lowest BCUT2D eigenvalue weighted by Crippen LogP contribution is -1.91. The summed E-state index contributed by atoms with van der Waals surface area (Å²) >= 11 is 0. The Kier molecular flexibility index (Phi) is 7.83. The molecule has 0 aliphatic carbocycles. The molecule has 0 saturated heterocycles. The number of hydrogen-bond acceptors (Lipinski definition) is 4. The van der Waals surface area contributed by atoms with Crippen molar-refractivity contribution in [3.63, 3.8) is 0 Å². The van der Waals surface area contributed by atoms with Crippen LogP contribution in [0.3, 0.4) is 0 Å². The van der Waals surface area contributed by atoms with E-state index in [9.17, 15) is 9.59 Å². The molecule has 4 rings (SSSR count). The van der Waals surface area contributed by atoms with Crippen molar-refractivity contribution < 1.29 is 19.8 Å². The molecule has 6 heteroatoms. The fraction of sp³-hybridized carbons (Fsp3) is 0. The first-order chi connectivity index (χ1) is 13.6. The minimum atomic E-state index is -1.26. The molecular formula is C22H18N2O4. The molecule has 0 atom stereocenters. The molecule has 6 nitrogen and oxygen atoms in total. The molecule has 2 aromatic carbocycles. The monoisotopic (exact) mass is 374 g/mol. The Morgan fingerprint density at radius 1 is 0.607 bits per heavy atom. The topological polar surface area (TPSA) is 100 Å². The molecule has 0 radical (unpaired) electrons. The van der Waals surface area contributed by atoms with Crippen LogP contribution in [-0.4, -0.2) is 32.1 Å². The lowest BCUT2D eigenvalue weighted by molar-refractivity contribution is -0.134. The average Bonchev–Trinajstić information content (AvgIpc) is 2.73. The summed E-state index contributed by atoms with van der Waals surface area (Å²) < 4.78 is 0. The van der Waals surface area contributed by atoms with Crippen LogP contribution in [-0.2, 0) is 9.59 Å². The van der Waals surface area contributed by atoms with Gasteiger partial charge in [0, 0.05) is 35.3 Å². The van der Waals surface area contributed by atoms with Gasteiger partial charge in [-0.15, -0.1) is 0 Å². The number of fused-ring (bicyclic) bond motifs is 2. The summed E-state index contributed by atoms with van der Waals surface area (Å²) in [4.78, 5) is 27.5. The average molecular weight is 374 g/mol. The number of rotatable bonds is 2. The SMILES string of the molecule is O=C(O)C=CC(=O)O.c1ccc2ncccc2c1.c1ccc2ncccc2c1. The minimum Gasteiger partial charge on any atom is -0.478 e. The molecule has 0 unspecified atom stereocenters. The molecule has 0 bridgehead atoms. The van der Waals surface area contributed by atoms with E-state index in [1.54, 1.807) is 0 Å². The van der Waals surface area contributed by atoms with E-state index in [-0.39, 0.29) is 0 Å². The van der Waals surface area contributed by atoms with Crippen LogP contribution in [0, 0.1) is 0 Å². The van der Waals surface area contributed by atoms with E-state index >= 15 is 0 Å². The van der Waals surface area contributed by atoms with Crippen LogP contribution >= 0.6 is 0 Å². The number of para-hydroxylation sites is 2. The molecular weight excluding hydrogens is 356 g/mol. The third-order valence-electron chi connectivity index (χ3n) is 3.39. The fourth-order valence-corrected chi connectivity index (χ4v) is 2.17. The Hall–Kier alpha value is -4.06. The van der Waals surface area contributed by atoms with Gasteiger partial charge in [-0.05, 0) is 24.3 Å². The molecule has 2 N–H and O–H groups in total. The van der Waals surface area contributed by atoms with Crippen LogP contribution in [0.25, 0.3) is 21.8 Å². The van der Waals surface area contributed by atoms with Gasteiger partial charge in [0.25, 0.3) is 0 Å². The Bertz CT molecular complexity index is 876. The summed E-state index contributed by atoms with van der Waals surface area (Å²) in [7, 11) is 0. The van der Waals surface area contributed by atoms with Gasteiger partial charge in [-0.25, -0.2) is 9.59 Å². The second-order valence-electron chi connectivity index (χ2n) is 5.40. The maximum absolute atomic E-state index is 9.55. The lowest BCUT2D eigenvalue weighted by atomic mass is 10.2. The maximum Gasteiger partial charge on any atom is 0.328 e. The maximum atomic E-state index is 9.55. The molecule has 0 aliphatic heterocycles. The van der Waals surface area contributed by atoms with Crippen molar-refractivity contribution in [1.82, 2.24) is 9.97 Å². The van der Waals surface area contributed by atoms with Crippen LogP contribution in [0.15, 0.2) is 97.3 Å². The van der Waals surface area contributed by atoms with Gasteiger partial charge >= 0.3 is 11.9 Å². The van der Waals surface area contributed by atoms with Crippen LogP contribution in [0.5, 0.6) is 0 Å². The third kappa shape index (κ3) is 7.05. The van der Waals surface area contributed by atoms with Crippen molar-refractivity contribution in [1.29, 1.82) is 0 Å². The summed E-state index contributed by atoms with van der Waals surface area (Å²) in [6.07, 6.45) is 4.73. The summed E-state index contributed by atoms with van der Waals surface area (Å²) in [5.41, 5.74) is 2.12. The van der Waals surface area contributed by atoms with Crippen LogP contribution in [0.2, 0.25) is 0 Å². The number of aromatic nitrogens is 2. The zero-order valence-electron chi connectivity index (χ0n) is 14.8. The summed E-state index contributed by atoms with van der Waals surface area (Å²) in [5.74, 6) is -2.51. The molecule has 0 fully saturated rings. The predicted octanol–water partition coefficient (Wildman–Crippen LogP) is 4.18. The normalized spacial score (nSPS) is 9.86. The number of hydrogen-bond donors (Lipinski definition) is 2. The van der Waals surface area contributed by atoms with E-state index in [1.807, 2.05) is 60.9 Å². The smallest absolute Gasteiger partial charge is 0.328 e. The third-order valence-corrected chi connectivity index (χ3v) is 3.39. The minimum absolute atomic E-state index is 0.558. The number of benzene rings is 2. The number of pyridine rings is 2. The van der Waals surface area contributed by atoms with E-state index in [0.29, 0.717) is 12.2 Å². The van der Waals surface area contributed by atoms with Gasteiger partial charge in [-0.2, -0.15) is 0 Å². The van der Waals surface area contributed by atoms with E-state index in [1.165, 1.54) is 10.8 Å². The zero-order valence-corrected chi connectivity index (χ0v) is 14.8. The molecule has 0 amide bonds. The van der Waals surface area contributed by atoms with Crippen molar-refractivity contribution in [3.05, 3.63) is 97.3 Å². The van der Waals surface area contributed by atoms with Gasteiger partial charge < -0.3 is 10.2 Å². The Morgan fingerprint density at radius 2 is 0.964 bits per heavy atom. The molecule has 4 aromatic rings. The first kappa shape index (κ1) is 20.3. The van der Waals surface area contributed by atoms with Gasteiger partial charge in [-0.3, -0.25) is 9.97 Å². The number of nitrogens with zero attached hydrogens (tertiary/aromatic N) is 2. The van der Waals surface area contributed by atoms with E-state index in [4.69, 9.17) is 10.2 Å². The molecule has 0 saturated carbocycles. The number of carboxylic acids is 2. The number of carbonyl (C=O) groups is 2. The highest BCUT2D eigenvalue weighted by Gasteiger charge is 1.88. The number of carboxylic acid groups (broad SMARTS) is 2. The highest BCUT2D eigenvalue weighted by atomic mass is 16.4. The lowest BCUT2D eigenvalue weighted by Gasteiger charge is -1.91. The Balaban J connectivity index is 0.000000152. The van der Waals surface area contributed by atoms with Crippen LogP contribution < -0.4 is 0 Å². The van der Waals surface area contributed by atoms with E-state index < -0.39 is 11.9 Å². The summed E-state index contributed by atoms with van der Waals surface area (Å²) in [5, 5.41) is 18.0. The van der Waals surface area contributed by atoms with Crippen molar-refractivity contribution in [2.45, 2.75) is 0 Å². The summed E-state index contributed by atoms with van der Waals surface area (Å²) in [6.45, 7) is 0. The Morgan fingerprint density at radius 3 is 1.32 bits per heavy atom. The van der Waals surface area contributed by atoms with Crippen LogP contribution in [0.4, 0.5) is 0 Å². The quantitative estimate of drug-likeness (QED) is 0.511. The predicted molar refractivity (Wildman–Crippen MR) is 108 cm³/mol. The highest BCUT2D eigenvalue weighted by Crippen LogP contribution is 2.08. The number of aliphatic carboxylic acids is 2. The molecule has 2 heterocycles. The summed E-state index contributed by atoms with van der Waals surface area (Å²) in [6, 6.07) is 24.2. The van der Waals surface area contributed by atoms with Gasteiger partial charge in [0.15, 0.2) is 0 Å². The van der Waals surface area contributed by atoms with Crippen molar-refractivity contribution in [2.24, 2.45) is 0 Å². The molecule has 140 valence electrons. The van der Waals surface area contributed by atoms with Crippen molar-refractivity contribution in [2.75, 3.05) is 0 Å².